The number of Topliss-reactive ketones (excluding diaryl/α,β-unsaturated/α-hetero) is 1. The van der Waals surface area contributed by atoms with Gasteiger partial charge in [0.1, 0.15) is 5.78 Å². The van der Waals surface area contributed by atoms with Gasteiger partial charge in [0.05, 0.1) is 12.6 Å². The van der Waals surface area contributed by atoms with Crippen LogP contribution in [0.15, 0.2) is 0 Å². The molecule has 0 aromatic rings. The molecule has 1 amide bonds. The van der Waals surface area contributed by atoms with E-state index in [2.05, 4.69) is 0 Å². The molecule has 11 heavy (non-hydrogen) atoms. The summed E-state index contributed by atoms with van der Waals surface area (Å²) in [4.78, 5) is 22.9. The lowest BCUT2D eigenvalue weighted by Crippen LogP contribution is -2.41. The zero-order valence-corrected chi connectivity index (χ0v) is 7.13. The Morgan fingerprint density at radius 1 is 1.55 bits per heavy atom. The summed E-state index contributed by atoms with van der Waals surface area (Å²) in [6, 6.07) is -0.528. The fourth-order valence-electron chi connectivity index (χ4n) is 0.760. The van der Waals surface area contributed by atoms with Gasteiger partial charge in [-0.15, -0.1) is 0 Å². The van der Waals surface area contributed by atoms with Crippen molar-refractivity contribution in [3.8, 4) is 0 Å². The third kappa shape index (κ3) is 3.72. The first-order chi connectivity index (χ1) is 4.95. The zero-order valence-electron chi connectivity index (χ0n) is 7.13. The highest BCUT2D eigenvalue weighted by Crippen LogP contribution is 1.88. The van der Waals surface area contributed by atoms with Crippen LogP contribution in [0.1, 0.15) is 13.8 Å². The van der Waals surface area contributed by atoms with Crippen LogP contribution in [0.25, 0.3) is 0 Å². The molecule has 1 atom stereocenters. The molecule has 64 valence electrons. The van der Waals surface area contributed by atoms with Crippen molar-refractivity contribution in [1.82, 2.24) is 4.90 Å². The van der Waals surface area contributed by atoms with Crippen molar-refractivity contribution in [2.75, 3.05) is 13.6 Å². The summed E-state index contributed by atoms with van der Waals surface area (Å²) < 4.78 is 0. The maximum Gasteiger partial charge on any atom is 0.239 e. The van der Waals surface area contributed by atoms with Crippen LogP contribution in [0.5, 0.6) is 0 Å². The Bertz CT molecular complexity index is 166. The van der Waals surface area contributed by atoms with Gasteiger partial charge in [0.25, 0.3) is 0 Å². The fraction of sp³-hybridized carbons (Fsp3) is 0.714. The second-order valence-electron chi connectivity index (χ2n) is 2.68. The molecular formula is C7H14N2O2. The monoisotopic (exact) mass is 158 g/mol. The largest absolute Gasteiger partial charge is 0.337 e. The molecule has 4 heteroatoms. The molecule has 0 unspecified atom stereocenters. The molecule has 0 aliphatic rings. The topological polar surface area (TPSA) is 63.4 Å². The normalized spacial score (nSPS) is 12.4. The summed E-state index contributed by atoms with van der Waals surface area (Å²) >= 11 is 0. The third-order valence-corrected chi connectivity index (χ3v) is 1.23. The molecular weight excluding hydrogens is 144 g/mol. The Balaban J connectivity index is 3.93. The zero-order chi connectivity index (χ0) is 9.02. The summed E-state index contributed by atoms with van der Waals surface area (Å²) in [6.07, 6.45) is 0. The van der Waals surface area contributed by atoms with E-state index < -0.39 is 6.04 Å². The number of rotatable bonds is 3. The molecule has 0 radical (unpaired) electrons. The first kappa shape index (κ1) is 10.1. The molecule has 0 aromatic heterocycles. The minimum Gasteiger partial charge on any atom is -0.337 e. The molecule has 0 rings (SSSR count). The van der Waals surface area contributed by atoms with E-state index in [9.17, 15) is 9.59 Å². The number of ketones is 1. The van der Waals surface area contributed by atoms with Crippen LogP contribution in [0.4, 0.5) is 0 Å². The smallest absolute Gasteiger partial charge is 0.239 e. The highest BCUT2D eigenvalue weighted by molar-refractivity contribution is 5.86. The number of hydrogen-bond donors (Lipinski definition) is 1. The first-order valence-corrected chi connectivity index (χ1v) is 3.45. The average molecular weight is 158 g/mol. The van der Waals surface area contributed by atoms with Gasteiger partial charge in [-0.25, -0.2) is 0 Å². The van der Waals surface area contributed by atoms with Gasteiger partial charge in [0.2, 0.25) is 5.91 Å². The lowest BCUT2D eigenvalue weighted by molar-refractivity contribution is -0.134. The fourth-order valence-corrected chi connectivity index (χ4v) is 0.760. The molecule has 0 fully saturated rings. The van der Waals surface area contributed by atoms with Gasteiger partial charge < -0.3 is 10.6 Å². The summed E-state index contributed by atoms with van der Waals surface area (Å²) in [6.45, 7) is 3.17. The van der Waals surface area contributed by atoms with Crippen molar-refractivity contribution >= 4 is 11.7 Å². The summed E-state index contributed by atoms with van der Waals surface area (Å²) in [7, 11) is 1.56. The van der Waals surface area contributed by atoms with Crippen molar-refractivity contribution in [3.05, 3.63) is 0 Å². The van der Waals surface area contributed by atoms with Gasteiger partial charge in [-0.05, 0) is 13.8 Å². The minimum absolute atomic E-state index is 0.0403. The van der Waals surface area contributed by atoms with E-state index in [0.717, 1.165) is 0 Å². The van der Waals surface area contributed by atoms with Gasteiger partial charge in [-0.3, -0.25) is 9.59 Å². The second-order valence-corrected chi connectivity index (χ2v) is 2.68. The Morgan fingerprint density at radius 2 is 2.00 bits per heavy atom. The quantitative estimate of drug-likeness (QED) is 0.595. The molecule has 0 aliphatic carbocycles. The van der Waals surface area contributed by atoms with Gasteiger partial charge in [0.15, 0.2) is 0 Å². The first-order valence-electron chi connectivity index (χ1n) is 3.45. The number of carbonyl (C=O) groups excluding carboxylic acids is 2. The molecule has 2 N–H and O–H groups in total. The molecule has 0 saturated carbocycles. The Kier molecular flexibility index (Phi) is 3.74. The van der Waals surface area contributed by atoms with Gasteiger partial charge in [0, 0.05) is 7.05 Å². The molecule has 4 nitrogen and oxygen atoms in total. The number of hydrogen-bond acceptors (Lipinski definition) is 3. The summed E-state index contributed by atoms with van der Waals surface area (Å²) in [5, 5.41) is 0. The van der Waals surface area contributed by atoms with Crippen molar-refractivity contribution < 1.29 is 9.59 Å². The van der Waals surface area contributed by atoms with Crippen LogP contribution in [0.2, 0.25) is 0 Å². The molecule has 0 aromatic carbocycles. The van der Waals surface area contributed by atoms with E-state index in [1.807, 2.05) is 0 Å². The van der Waals surface area contributed by atoms with Crippen LogP contribution in [0.3, 0.4) is 0 Å². The van der Waals surface area contributed by atoms with Crippen LogP contribution in [-0.4, -0.2) is 36.2 Å². The lowest BCUT2D eigenvalue weighted by atomic mass is 10.3. The number of likely N-dealkylation sites (N-methyl/N-ethyl adjacent to an activating group) is 1. The second kappa shape index (κ2) is 4.08. The number of carbonyl (C=O) groups is 2. The molecule has 0 spiro atoms. The summed E-state index contributed by atoms with van der Waals surface area (Å²) in [5.41, 5.74) is 5.31. The van der Waals surface area contributed by atoms with Gasteiger partial charge >= 0.3 is 0 Å². The molecule has 0 saturated heterocycles. The van der Waals surface area contributed by atoms with E-state index in [0.29, 0.717) is 0 Å². The van der Waals surface area contributed by atoms with Gasteiger partial charge in [-0.2, -0.15) is 0 Å². The van der Waals surface area contributed by atoms with E-state index in [4.69, 9.17) is 5.73 Å². The van der Waals surface area contributed by atoms with Crippen LogP contribution < -0.4 is 5.73 Å². The molecule has 0 bridgehead atoms. The van der Waals surface area contributed by atoms with Gasteiger partial charge in [-0.1, -0.05) is 0 Å². The van der Waals surface area contributed by atoms with Crippen molar-refractivity contribution in [2.24, 2.45) is 5.73 Å². The Morgan fingerprint density at radius 3 is 2.27 bits per heavy atom. The predicted molar refractivity (Wildman–Crippen MR) is 42.0 cm³/mol. The SMILES string of the molecule is CC(=O)CN(C)C(=O)[C@@H](C)N. The highest BCUT2D eigenvalue weighted by Gasteiger charge is 2.13. The summed E-state index contributed by atoms with van der Waals surface area (Å²) in [5.74, 6) is -0.248. The average Bonchev–Trinajstić information content (AvgIpc) is 1.84. The van der Waals surface area contributed by atoms with E-state index >= 15 is 0 Å². The van der Waals surface area contributed by atoms with Crippen molar-refractivity contribution in [1.29, 1.82) is 0 Å². The van der Waals surface area contributed by atoms with Crippen LogP contribution in [0, 0.1) is 0 Å². The number of amides is 1. The lowest BCUT2D eigenvalue weighted by Gasteiger charge is -2.17. The maximum absolute atomic E-state index is 11.0. The van der Waals surface area contributed by atoms with Crippen LogP contribution >= 0.6 is 0 Å². The maximum atomic E-state index is 11.0. The molecule has 0 heterocycles. The molecule has 0 aliphatic heterocycles. The Hall–Kier alpha value is -0.900. The van der Waals surface area contributed by atoms with E-state index in [-0.39, 0.29) is 18.2 Å². The van der Waals surface area contributed by atoms with Crippen molar-refractivity contribution in [2.45, 2.75) is 19.9 Å². The van der Waals surface area contributed by atoms with Crippen molar-refractivity contribution in [3.63, 3.8) is 0 Å². The Labute approximate surface area is 66.4 Å². The number of nitrogens with zero attached hydrogens (tertiary/aromatic N) is 1. The minimum atomic E-state index is -0.528. The number of nitrogens with two attached hydrogens (primary N) is 1. The predicted octanol–water partition coefficient (Wildman–Crippen LogP) is -0.619. The third-order valence-electron chi connectivity index (χ3n) is 1.23. The van der Waals surface area contributed by atoms with Crippen LogP contribution in [-0.2, 0) is 9.59 Å². The van der Waals surface area contributed by atoms with E-state index in [1.54, 1.807) is 14.0 Å². The highest BCUT2D eigenvalue weighted by atomic mass is 16.2. The van der Waals surface area contributed by atoms with E-state index in [1.165, 1.54) is 11.8 Å². The standard InChI is InChI=1S/C7H14N2O2/c1-5(10)4-9(3)7(11)6(2)8/h6H,4,8H2,1-3H3/t6-/m1/s1.